The predicted molar refractivity (Wildman–Crippen MR) is 150 cm³/mol. The van der Waals surface area contributed by atoms with Gasteiger partial charge in [-0.25, -0.2) is 18.1 Å². The number of hydrogen-bond acceptors (Lipinski definition) is 8. The van der Waals surface area contributed by atoms with Crippen molar-refractivity contribution in [1.82, 2.24) is 10.1 Å². The average molecular weight is 561 g/mol. The number of benzene rings is 3. The molecule has 0 atom stereocenters. The van der Waals surface area contributed by atoms with Gasteiger partial charge in [-0.3, -0.25) is 4.79 Å². The van der Waals surface area contributed by atoms with Crippen LogP contribution in [0.25, 0.3) is 22.6 Å². The lowest BCUT2D eigenvalue weighted by atomic mass is 10.1. The van der Waals surface area contributed by atoms with Gasteiger partial charge in [0.25, 0.3) is 15.2 Å². The molecular weight excluding hydrogens is 536 g/mol. The first-order valence-electron chi connectivity index (χ1n) is 11.9. The van der Waals surface area contributed by atoms with E-state index in [1.54, 1.807) is 13.8 Å². The van der Waals surface area contributed by atoms with E-state index in [9.17, 15) is 13.2 Å². The SMILES string of the molecule is Cc1noc(NS(=O)(=O)c2ccc(NC(=O)CSc3nc(-c4ccccc4)c(-c4ccccc4)o3)cc2)c1C. The van der Waals surface area contributed by atoms with Crippen LogP contribution in [0.2, 0.25) is 0 Å². The molecule has 5 rings (SSSR count). The Morgan fingerprint density at radius 1 is 0.897 bits per heavy atom. The second-order valence-corrected chi connectivity index (χ2v) is 11.2. The Morgan fingerprint density at radius 2 is 1.54 bits per heavy atom. The van der Waals surface area contributed by atoms with E-state index in [0.717, 1.165) is 11.1 Å². The summed E-state index contributed by atoms with van der Waals surface area (Å²) in [5.74, 6) is 0.460. The smallest absolute Gasteiger partial charge is 0.264 e. The van der Waals surface area contributed by atoms with Gasteiger partial charge in [-0.15, -0.1) is 0 Å². The minimum absolute atomic E-state index is 0.0185. The summed E-state index contributed by atoms with van der Waals surface area (Å²) >= 11 is 1.17. The first kappa shape index (κ1) is 26.3. The number of nitrogens with one attached hydrogen (secondary N) is 2. The highest BCUT2D eigenvalue weighted by Gasteiger charge is 2.20. The number of thioether (sulfide) groups is 1. The van der Waals surface area contributed by atoms with Gasteiger partial charge in [-0.05, 0) is 38.1 Å². The normalized spacial score (nSPS) is 11.3. The summed E-state index contributed by atoms with van der Waals surface area (Å²) in [6, 6.07) is 25.2. The van der Waals surface area contributed by atoms with Crippen LogP contribution in [0, 0.1) is 13.8 Å². The molecule has 0 radical (unpaired) electrons. The minimum atomic E-state index is -3.88. The Bertz CT molecular complexity index is 1640. The van der Waals surface area contributed by atoms with E-state index < -0.39 is 10.0 Å². The second-order valence-electron chi connectivity index (χ2n) is 8.58. The van der Waals surface area contributed by atoms with Crippen LogP contribution in [0.1, 0.15) is 11.3 Å². The number of nitrogens with zero attached hydrogens (tertiary/aromatic N) is 2. The number of oxazole rings is 1. The van der Waals surface area contributed by atoms with Gasteiger partial charge in [0.1, 0.15) is 5.69 Å². The minimum Gasteiger partial charge on any atom is -0.431 e. The van der Waals surface area contributed by atoms with E-state index in [1.807, 2.05) is 60.7 Å². The third-order valence-electron chi connectivity index (χ3n) is 5.85. The van der Waals surface area contributed by atoms with E-state index >= 15 is 0 Å². The number of sulfonamides is 1. The van der Waals surface area contributed by atoms with Crippen LogP contribution < -0.4 is 10.0 Å². The van der Waals surface area contributed by atoms with Gasteiger partial charge in [-0.1, -0.05) is 77.6 Å². The Morgan fingerprint density at radius 3 is 2.15 bits per heavy atom. The maximum Gasteiger partial charge on any atom is 0.264 e. The monoisotopic (exact) mass is 560 g/mol. The molecule has 3 aromatic carbocycles. The average Bonchev–Trinajstić information content (AvgIpc) is 3.52. The van der Waals surface area contributed by atoms with Crippen molar-refractivity contribution in [3.8, 4) is 22.6 Å². The number of aryl methyl sites for hydroxylation is 1. The van der Waals surface area contributed by atoms with Gasteiger partial charge in [0.15, 0.2) is 5.76 Å². The van der Waals surface area contributed by atoms with Gasteiger partial charge in [0.05, 0.1) is 16.3 Å². The fourth-order valence-corrected chi connectivity index (χ4v) is 5.34. The number of anilines is 2. The molecule has 0 spiro atoms. The van der Waals surface area contributed by atoms with Crippen molar-refractivity contribution in [3.63, 3.8) is 0 Å². The Kier molecular flexibility index (Phi) is 7.53. The van der Waals surface area contributed by atoms with Crippen molar-refractivity contribution in [2.45, 2.75) is 24.0 Å². The summed E-state index contributed by atoms with van der Waals surface area (Å²) in [5, 5.41) is 6.89. The van der Waals surface area contributed by atoms with Crippen molar-refractivity contribution in [2.75, 3.05) is 15.8 Å². The maximum atomic E-state index is 12.7. The lowest BCUT2D eigenvalue weighted by molar-refractivity contribution is -0.113. The third kappa shape index (κ3) is 6.05. The van der Waals surface area contributed by atoms with Gasteiger partial charge in [-0.2, -0.15) is 0 Å². The van der Waals surface area contributed by atoms with E-state index in [0.29, 0.717) is 33.6 Å². The van der Waals surface area contributed by atoms with Crippen LogP contribution in [0.5, 0.6) is 0 Å². The molecule has 5 aromatic rings. The zero-order chi connectivity index (χ0) is 27.4. The molecule has 1 amide bonds. The summed E-state index contributed by atoms with van der Waals surface area (Å²) in [6.07, 6.45) is 0. The van der Waals surface area contributed by atoms with E-state index in [-0.39, 0.29) is 22.4 Å². The molecule has 0 saturated heterocycles. The summed E-state index contributed by atoms with van der Waals surface area (Å²) in [4.78, 5) is 17.3. The number of aromatic nitrogens is 2. The van der Waals surface area contributed by atoms with Crippen LogP contribution in [0.4, 0.5) is 11.6 Å². The molecule has 0 aliphatic carbocycles. The Balaban J connectivity index is 1.24. The Labute approximate surface area is 229 Å². The molecule has 2 aromatic heterocycles. The number of carbonyl (C=O) groups excluding carboxylic acids is 1. The molecule has 2 heterocycles. The topological polar surface area (TPSA) is 127 Å². The van der Waals surface area contributed by atoms with Crippen LogP contribution in [-0.4, -0.2) is 30.2 Å². The zero-order valence-electron chi connectivity index (χ0n) is 21.0. The molecule has 9 nitrogen and oxygen atoms in total. The number of rotatable bonds is 9. The fourth-order valence-electron chi connectivity index (χ4n) is 3.67. The molecule has 0 aliphatic rings. The number of hydrogen-bond donors (Lipinski definition) is 2. The van der Waals surface area contributed by atoms with Crippen molar-refractivity contribution < 1.29 is 22.2 Å². The molecular formula is C28H24N4O5S2. The highest BCUT2D eigenvalue weighted by Crippen LogP contribution is 2.35. The second kappa shape index (κ2) is 11.2. The number of amides is 1. The van der Waals surface area contributed by atoms with Crippen LogP contribution in [0.15, 0.2) is 104 Å². The highest BCUT2D eigenvalue weighted by atomic mass is 32.2. The molecule has 39 heavy (non-hydrogen) atoms. The van der Waals surface area contributed by atoms with Gasteiger partial charge in [0.2, 0.25) is 11.8 Å². The van der Waals surface area contributed by atoms with E-state index in [2.05, 4.69) is 20.2 Å². The molecule has 2 N–H and O–H groups in total. The predicted octanol–water partition coefficient (Wildman–Crippen LogP) is 6.15. The van der Waals surface area contributed by atoms with Crippen LogP contribution in [0.3, 0.4) is 0 Å². The molecule has 0 fully saturated rings. The van der Waals surface area contributed by atoms with Crippen LogP contribution >= 0.6 is 11.8 Å². The van der Waals surface area contributed by atoms with Crippen LogP contribution in [-0.2, 0) is 14.8 Å². The van der Waals surface area contributed by atoms with Crippen molar-refractivity contribution in [2.24, 2.45) is 0 Å². The molecule has 11 heteroatoms. The summed E-state index contributed by atoms with van der Waals surface area (Å²) < 4.78 is 38.8. The van der Waals surface area contributed by atoms with E-state index in [4.69, 9.17) is 8.94 Å². The first-order valence-corrected chi connectivity index (χ1v) is 14.4. The molecule has 0 aliphatic heterocycles. The maximum absolute atomic E-state index is 12.7. The molecule has 0 saturated carbocycles. The largest absolute Gasteiger partial charge is 0.431 e. The first-order chi connectivity index (χ1) is 18.8. The van der Waals surface area contributed by atoms with Crippen molar-refractivity contribution in [1.29, 1.82) is 0 Å². The van der Waals surface area contributed by atoms with Crippen molar-refractivity contribution >= 4 is 39.3 Å². The standard InChI is InChI=1S/C28H24N4O5S2/c1-18-19(2)31-37-27(18)32-39(34,35)23-15-13-22(14-16-23)29-24(33)17-38-28-30-25(20-9-5-3-6-10-20)26(36-28)21-11-7-4-8-12-21/h3-16,32H,17H2,1-2H3,(H,29,33). The van der Waals surface area contributed by atoms with Gasteiger partial charge in [0, 0.05) is 22.4 Å². The summed E-state index contributed by atoms with van der Waals surface area (Å²) in [7, 11) is -3.88. The number of carbonyl (C=O) groups is 1. The lowest BCUT2D eigenvalue weighted by Crippen LogP contribution is -2.15. The molecule has 198 valence electrons. The summed E-state index contributed by atoms with van der Waals surface area (Å²) in [5.41, 5.74) is 4.16. The lowest BCUT2D eigenvalue weighted by Gasteiger charge is -2.08. The highest BCUT2D eigenvalue weighted by molar-refractivity contribution is 7.99. The zero-order valence-corrected chi connectivity index (χ0v) is 22.7. The quantitative estimate of drug-likeness (QED) is 0.206. The van der Waals surface area contributed by atoms with Gasteiger partial charge >= 0.3 is 0 Å². The van der Waals surface area contributed by atoms with Crippen molar-refractivity contribution in [3.05, 3.63) is 96.2 Å². The fraction of sp³-hybridized carbons (Fsp3) is 0.107. The van der Waals surface area contributed by atoms with Gasteiger partial charge < -0.3 is 14.3 Å². The molecule has 0 bridgehead atoms. The van der Waals surface area contributed by atoms with E-state index in [1.165, 1.54) is 36.0 Å². The molecule has 0 unspecified atom stereocenters. The summed E-state index contributed by atoms with van der Waals surface area (Å²) in [6.45, 7) is 3.43. The third-order valence-corrected chi connectivity index (χ3v) is 8.03. The Hall–Kier alpha value is -4.35.